The normalized spacial score (nSPS) is 11.2. The van der Waals surface area contributed by atoms with Gasteiger partial charge in [0.15, 0.2) is 0 Å². The zero-order valence-electron chi connectivity index (χ0n) is 10.3. The standard InChI is InChI=1S/C14H8ClF3O3/c15-9-2-1-3-10(7-9)21-12-5-4-8(14(16,17)18)6-11(12)13(19)20/h1-7H,(H,19,20). The molecule has 0 saturated carbocycles. The Hall–Kier alpha value is -2.21. The van der Waals surface area contributed by atoms with Crippen LogP contribution in [0.5, 0.6) is 11.5 Å². The summed E-state index contributed by atoms with van der Waals surface area (Å²) in [5.74, 6) is -1.49. The van der Waals surface area contributed by atoms with Crippen molar-refractivity contribution in [2.24, 2.45) is 0 Å². The van der Waals surface area contributed by atoms with Crippen LogP contribution in [0.25, 0.3) is 0 Å². The molecule has 1 N–H and O–H groups in total. The molecule has 0 aliphatic carbocycles. The number of aromatic carboxylic acids is 1. The van der Waals surface area contributed by atoms with Gasteiger partial charge in [-0.1, -0.05) is 17.7 Å². The third-order valence-corrected chi connectivity index (χ3v) is 2.80. The van der Waals surface area contributed by atoms with E-state index in [0.717, 1.165) is 12.1 Å². The lowest BCUT2D eigenvalue weighted by Gasteiger charge is -2.12. The van der Waals surface area contributed by atoms with E-state index in [4.69, 9.17) is 21.4 Å². The fourth-order valence-electron chi connectivity index (χ4n) is 1.62. The van der Waals surface area contributed by atoms with Gasteiger partial charge in [0.2, 0.25) is 0 Å². The molecule has 0 fully saturated rings. The highest BCUT2D eigenvalue weighted by molar-refractivity contribution is 6.30. The van der Waals surface area contributed by atoms with E-state index < -0.39 is 23.3 Å². The summed E-state index contributed by atoms with van der Waals surface area (Å²) in [5.41, 5.74) is -1.64. The summed E-state index contributed by atoms with van der Waals surface area (Å²) in [6, 6.07) is 8.34. The van der Waals surface area contributed by atoms with Gasteiger partial charge in [-0.2, -0.15) is 13.2 Å². The number of halogens is 4. The molecule has 7 heteroatoms. The fraction of sp³-hybridized carbons (Fsp3) is 0.0714. The summed E-state index contributed by atoms with van der Waals surface area (Å²) >= 11 is 5.75. The summed E-state index contributed by atoms with van der Waals surface area (Å²) in [5, 5.41) is 9.37. The van der Waals surface area contributed by atoms with Gasteiger partial charge in [0.25, 0.3) is 0 Å². The van der Waals surface area contributed by atoms with E-state index in [0.29, 0.717) is 11.1 Å². The molecule has 0 radical (unpaired) electrons. The zero-order valence-corrected chi connectivity index (χ0v) is 11.1. The van der Waals surface area contributed by atoms with Crippen molar-refractivity contribution in [3.63, 3.8) is 0 Å². The highest BCUT2D eigenvalue weighted by atomic mass is 35.5. The Balaban J connectivity index is 2.42. The SMILES string of the molecule is O=C(O)c1cc(C(F)(F)F)ccc1Oc1cccc(Cl)c1. The van der Waals surface area contributed by atoms with Gasteiger partial charge in [0, 0.05) is 5.02 Å². The first-order valence-corrected chi connectivity index (χ1v) is 6.03. The van der Waals surface area contributed by atoms with Crippen LogP contribution in [0.2, 0.25) is 5.02 Å². The van der Waals surface area contributed by atoms with Crippen molar-refractivity contribution >= 4 is 17.6 Å². The largest absolute Gasteiger partial charge is 0.478 e. The first-order chi connectivity index (χ1) is 9.77. The van der Waals surface area contributed by atoms with E-state index in [2.05, 4.69) is 0 Å². The Morgan fingerprint density at radius 3 is 2.43 bits per heavy atom. The zero-order chi connectivity index (χ0) is 15.6. The second-order valence-corrected chi connectivity index (χ2v) is 4.51. The first-order valence-electron chi connectivity index (χ1n) is 5.65. The van der Waals surface area contributed by atoms with Gasteiger partial charge in [-0.05, 0) is 36.4 Å². The second kappa shape index (κ2) is 5.65. The number of alkyl halides is 3. The van der Waals surface area contributed by atoms with E-state index in [1.165, 1.54) is 12.1 Å². The molecule has 0 heterocycles. The number of hydrogen-bond acceptors (Lipinski definition) is 2. The molecule has 0 atom stereocenters. The Kier molecular flexibility index (Phi) is 4.09. The maximum Gasteiger partial charge on any atom is 0.416 e. The van der Waals surface area contributed by atoms with Crippen molar-refractivity contribution in [3.8, 4) is 11.5 Å². The third kappa shape index (κ3) is 3.66. The molecule has 2 aromatic rings. The van der Waals surface area contributed by atoms with Crippen LogP contribution in [-0.2, 0) is 6.18 Å². The second-order valence-electron chi connectivity index (χ2n) is 4.07. The molecule has 3 nitrogen and oxygen atoms in total. The minimum absolute atomic E-state index is 0.197. The number of carboxylic acids is 1. The Morgan fingerprint density at radius 2 is 1.86 bits per heavy atom. The van der Waals surface area contributed by atoms with Crippen molar-refractivity contribution in [3.05, 3.63) is 58.6 Å². The molecule has 0 aliphatic rings. The van der Waals surface area contributed by atoms with Gasteiger partial charge in [0.05, 0.1) is 5.56 Å². The molecule has 0 bridgehead atoms. The van der Waals surface area contributed by atoms with E-state index in [-0.39, 0.29) is 11.5 Å². The number of carboxylic acid groups (broad SMARTS) is 1. The highest BCUT2D eigenvalue weighted by Crippen LogP contribution is 2.34. The van der Waals surface area contributed by atoms with Crippen molar-refractivity contribution in [2.45, 2.75) is 6.18 Å². The average molecular weight is 317 g/mol. The average Bonchev–Trinajstić information content (AvgIpc) is 2.37. The Bertz CT molecular complexity index is 683. The molecule has 0 spiro atoms. The lowest BCUT2D eigenvalue weighted by atomic mass is 10.1. The van der Waals surface area contributed by atoms with Crippen LogP contribution in [0, 0.1) is 0 Å². The summed E-state index contributed by atoms with van der Waals surface area (Å²) in [6.45, 7) is 0. The number of ether oxygens (including phenoxy) is 1. The van der Waals surface area contributed by atoms with E-state index in [9.17, 15) is 18.0 Å². The quantitative estimate of drug-likeness (QED) is 0.880. The molecular formula is C14H8ClF3O3. The van der Waals surface area contributed by atoms with Crippen LogP contribution < -0.4 is 4.74 Å². The predicted molar refractivity (Wildman–Crippen MR) is 69.9 cm³/mol. The van der Waals surface area contributed by atoms with Gasteiger partial charge in [-0.3, -0.25) is 0 Å². The summed E-state index contributed by atoms with van der Waals surface area (Å²) in [7, 11) is 0. The Labute approximate surface area is 122 Å². The van der Waals surface area contributed by atoms with Crippen molar-refractivity contribution in [1.29, 1.82) is 0 Å². The third-order valence-electron chi connectivity index (χ3n) is 2.56. The summed E-state index contributed by atoms with van der Waals surface area (Å²) in [4.78, 5) is 11.1. The van der Waals surface area contributed by atoms with E-state index in [1.54, 1.807) is 12.1 Å². The molecule has 110 valence electrons. The molecule has 0 aliphatic heterocycles. The molecule has 0 aromatic heterocycles. The van der Waals surface area contributed by atoms with Gasteiger partial charge in [-0.15, -0.1) is 0 Å². The predicted octanol–water partition coefficient (Wildman–Crippen LogP) is 4.85. The smallest absolute Gasteiger partial charge is 0.416 e. The van der Waals surface area contributed by atoms with Crippen LogP contribution in [0.15, 0.2) is 42.5 Å². The molecule has 0 unspecified atom stereocenters. The van der Waals surface area contributed by atoms with Crippen molar-refractivity contribution in [1.82, 2.24) is 0 Å². The van der Waals surface area contributed by atoms with Gasteiger partial charge in [0.1, 0.15) is 17.1 Å². The number of benzene rings is 2. The topological polar surface area (TPSA) is 46.5 Å². The summed E-state index contributed by atoms with van der Waals surface area (Å²) < 4.78 is 43.1. The van der Waals surface area contributed by atoms with Crippen LogP contribution in [0.3, 0.4) is 0 Å². The van der Waals surface area contributed by atoms with Gasteiger partial charge in [-0.25, -0.2) is 4.79 Å². The molecule has 2 rings (SSSR count). The molecule has 21 heavy (non-hydrogen) atoms. The molecule has 0 amide bonds. The van der Waals surface area contributed by atoms with Crippen LogP contribution in [0.1, 0.15) is 15.9 Å². The number of rotatable bonds is 3. The minimum atomic E-state index is -4.63. The lowest BCUT2D eigenvalue weighted by Crippen LogP contribution is -2.08. The molecule has 0 saturated heterocycles. The summed E-state index contributed by atoms with van der Waals surface area (Å²) in [6.07, 6.45) is -4.63. The van der Waals surface area contributed by atoms with Crippen LogP contribution >= 0.6 is 11.6 Å². The first kappa shape index (κ1) is 15.2. The monoisotopic (exact) mass is 316 g/mol. The maximum atomic E-state index is 12.6. The van der Waals surface area contributed by atoms with E-state index >= 15 is 0 Å². The Morgan fingerprint density at radius 1 is 1.14 bits per heavy atom. The fourth-order valence-corrected chi connectivity index (χ4v) is 1.80. The lowest BCUT2D eigenvalue weighted by molar-refractivity contribution is -0.137. The van der Waals surface area contributed by atoms with Crippen molar-refractivity contribution in [2.75, 3.05) is 0 Å². The van der Waals surface area contributed by atoms with Crippen LogP contribution in [0.4, 0.5) is 13.2 Å². The van der Waals surface area contributed by atoms with Gasteiger partial charge >= 0.3 is 12.1 Å². The number of carbonyl (C=O) groups is 1. The highest BCUT2D eigenvalue weighted by Gasteiger charge is 2.32. The van der Waals surface area contributed by atoms with Crippen LogP contribution in [-0.4, -0.2) is 11.1 Å². The number of hydrogen-bond donors (Lipinski definition) is 1. The van der Waals surface area contributed by atoms with Crippen molar-refractivity contribution < 1.29 is 27.8 Å². The van der Waals surface area contributed by atoms with E-state index in [1.807, 2.05) is 0 Å². The molecule has 2 aromatic carbocycles. The molecular weight excluding hydrogens is 309 g/mol. The minimum Gasteiger partial charge on any atom is -0.478 e. The van der Waals surface area contributed by atoms with Gasteiger partial charge < -0.3 is 9.84 Å². The maximum absolute atomic E-state index is 12.6.